The third kappa shape index (κ3) is 3.92. The van der Waals surface area contributed by atoms with Crippen molar-refractivity contribution in [1.29, 1.82) is 0 Å². The Hall–Kier alpha value is -4.04. The van der Waals surface area contributed by atoms with Crippen LogP contribution >= 0.6 is 12.2 Å². The summed E-state index contributed by atoms with van der Waals surface area (Å²) in [5.74, 6) is 0.412. The van der Waals surface area contributed by atoms with Crippen LogP contribution in [-0.2, 0) is 4.74 Å². The molecule has 4 aromatic rings. The number of furan rings is 1. The number of benzene rings is 2. The Morgan fingerprint density at radius 1 is 1.06 bits per heavy atom. The highest BCUT2D eigenvalue weighted by Crippen LogP contribution is 2.43. The number of nitrogens with zero attached hydrogens (tertiary/aromatic N) is 2. The molecule has 5 rings (SSSR count). The van der Waals surface area contributed by atoms with Gasteiger partial charge in [0.25, 0.3) is 0 Å². The van der Waals surface area contributed by atoms with Gasteiger partial charge in [-0.15, -0.1) is 0 Å². The SMILES string of the molecule is COC(=O)c1ccc(-c2ccc(C3C(c4ccccn4)NC(=S)N3c3ccccc3F)o2)cc1. The first-order chi connectivity index (χ1) is 16.6. The highest BCUT2D eigenvalue weighted by molar-refractivity contribution is 7.80. The summed E-state index contributed by atoms with van der Waals surface area (Å²) in [6.45, 7) is 0. The molecule has 1 saturated heterocycles. The van der Waals surface area contributed by atoms with Crippen molar-refractivity contribution < 1.29 is 18.3 Å². The molecule has 0 aliphatic carbocycles. The quantitative estimate of drug-likeness (QED) is 0.306. The van der Waals surface area contributed by atoms with E-state index in [1.54, 1.807) is 53.6 Å². The molecule has 3 heterocycles. The van der Waals surface area contributed by atoms with Crippen LogP contribution in [-0.4, -0.2) is 23.2 Å². The van der Waals surface area contributed by atoms with Crippen molar-refractivity contribution in [2.75, 3.05) is 12.0 Å². The Labute approximate surface area is 201 Å². The average molecular weight is 474 g/mol. The van der Waals surface area contributed by atoms with E-state index in [4.69, 9.17) is 21.4 Å². The number of nitrogens with one attached hydrogen (secondary N) is 1. The number of esters is 1. The molecule has 2 unspecified atom stereocenters. The topological polar surface area (TPSA) is 67.6 Å². The lowest BCUT2D eigenvalue weighted by Crippen LogP contribution is -2.30. The normalized spacial score (nSPS) is 17.5. The third-order valence-electron chi connectivity index (χ3n) is 5.72. The Morgan fingerprint density at radius 2 is 1.82 bits per heavy atom. The van der Waals surface area contributed by atoms with E-state index in [2.05, 4.69) is 10.3 Å². The van der Waals surface area contributed by atoms with Crippen molar-refractivity contribution in [1.82, 2.24) is 10.3 Å². The zero-order valence-corrected chi connectivity index (χ0v) is 19.0. The van der Waals surface area contributed by atoms with Gasteiger partial charge in [-0.2, -0.15) is 0 Å². The van der Waals surface area contributed by atoms with Gasteiger partial charge >= 0.3 is 5.97 Å². The molecule has 1 N–H and O–H groups in total. The van der Waals surface area contributed by atoms with Gasteiger partial charge in [0, 0.05) is 11.8 Å². The second-order valence-corrected chi connectivity index (χ2v) is 8.11. The van der Waals surface area contributed by atoms with Gasteiger partial charge < -0.3 is 19.4 Å². The van der Waals surface area contributed by atoms with Gasteiger partial charge in [-0.3, -0.25) is 4.98 Å². The summed E-state index contributed by atoms with van der Waals surface area (Å²) in [6, 6.07) is 21.9. The van der Waals surface area contributed by atoms with Gasteiger partial charge in [-0.05, 0) is 60.7 Å². The summed E-state index contributed by atoms with van der Waals surface area (Å²) in [5, 5.41) is 3.67. The predicted molar refractivity (Wildman–Crippen MR) is 130 cm³/mol. The zero-order valence-electron chi connectivity index (χ0n) is 18.1. The summed E-state index contributed by atoms with van der Waals surface area (Å²) in [7, 11) is 1.34. The molecule has 1 fully saturated rings. The minimum Gasteiger partial charge on any atom is -0.465 e. The largest absolute Gasteiger partial charge is 0.465 e. The third-order valence-corrected chi connectivity index (χ3v) is 6.03. The maximum absolute atomic E-state index is 14.8. The van der Waals surface area contributed by atoms with Crippen LogP contribution in [0.25, 0.3) is 11.3 Å². The van der Waals surface area contributed by atoms with Crippen molar-refractivity contribution in [3.63, 3.8) is 0 Å². The van der Waals surface area contributed by atoms with E-state index in [0.29, 0.717) is 27.9 Å². The fourth-order valence-corrected chi connectivity index (χ4v) is 4.44. The second-order valence-electron chi connectivity index (χ2n) is 7.72. The molecule has 0 amide bonds. The number of hydrogen-bond acceptors (Lipinski definition) is 5. The van der Waals surface area contributed by atoms with Crippen LogP contribution in [0.2, 0.25) is 0 Å². The van der Waals surface area contributed by atoms with Crippen LogP contribution < -0.4 is 10.2 Å². The molecule has 8 heteroatoms. The lowest BCUT2D eigenvalue weighted by molar-refractivity contribution is 0.0600. The summed E-state index contributed by atoms with van der Waals surface area (Å²) in [6.07, 6.45) is 1.71. The number of anilines is 1. The Kier molecular flexibility index (Phi) is 5.81. The van der Waals surface area contributed by atoms with Crippen LogP contribution in [0.15, 0.2) is 89.5 Å². The van der Waals surface area contributed by atoms with Crippen LogP contribution in [0, 0.1) is 5.82 Å². The first-order valence-corrected chi connectivity index (χ1v) is 11.0. The smallest absolute Gasteiger partial charge is 0.337 e. The van der Waals surface area contributed by atoms with Gasteiger partial charge in [0.2, 0.25) is 0 Å². The van der Waals surface area contributed by atoms with E-state index >= 15 is 0 Å². The number of thiocarbonyl (C=S) groups is 1. The summed E-state index contributed by atoms with van der Waals surface area (Å²) in [5.41, 5.74) is 2.35. The van der Waals surface area contributed by atoms with Crippen LogP contribution in [0.1, 0.15) is 33.9 Å². The van der Waals surface area contributed by atoms with Gasteiger partial charge in [0.05, 0.1) is 30.1 Å². The van der Waals surface area contributed by atoms with Gasteiger partial charge in [0.1, 0.15) is 23.4 Å². The molecule has 0 radical (unpaired) electrons. The molecule has 1 aliphatic heterocycles. The fourth-order valence-electron chi connectivity index (χ4n) is 4.11. The average Bonchev–Trinajstić information content (AvgIpc) is 3.49. The Bertz CT molecular complexity index is 1340. The van der Waals surface area contributed by atoms with Crippen LogP contribution in [0.4, 0.5) is 10.1 Å². The number of hydrogen-bond donors (Lipinski definition) is 1. The maximum Gasteiger partial charge on any atom is 0.337 e. The number of pyridine rings is 1. The number of carbonyl (C=O) groups excluding carboxylic acids is 1. The maximum atomic E-state index is 14.8. The monoisotopic (exact) mass is 473 g/mol. The van der Waals surface area contributed by atoms with Crippen molar-refractivity contribution in [3.8, 4) is 11.3 Å². The minimum absolute atomic E-state index is 0.351. The number of rotatable bonds is 5. The molecular weight excluding hydrogens is 453 g/mol. The summed E-state index contributed by atoms with van der Waals surface area (Å²) < 4.78 is 25.8. The number of ether oxygens (including phenoxy) is 1. The van der Waals surface area contributed by atoms with Gasteiger partial charge in [0.15, 0.2) is 5.11 Å². The Balaban J connectivity index is 1.56. The number of halogens is 1. The summed E-state index contributed by atoms with van der Waals surface area (Å²) >= 11 is 5.62. The number of carbonyl (C=O) groups is 1. The number of para-hydroxylation sites is 1. The van der Waals surface area contributed by atoms with E-state index in [0.717, 1.165) is 11.3 Å². The first-order valence-electron chi connectivity index (χ1n) is 10.6. The van der Waals surface area contributed by atoms with E-state index in [1.165, 1.54) is 13.2 Å². The summed E-state index contributed by atoms with van der Waals surface area (Å²) in [4.78, 5) is 18.0. The first kappa shape index (κ1) is 21.8. The molecule has 6 nitrogen and oxygen atoms in total. The molecule has 1 aliphatic rings. The molecule has 170 valence electrons. The zero-order chi connectivity index (χ0) is 23.7. The molecule has 34 heavy (non-hydrogen) atoms. The van der Waals surface area contributed by atoms with E-state index < -0.39 is 12.0 Å². The molecule has 0 bridgehead atoms. The highest BCUT2D eigenvalue weighted by Gasteiger charge is 2.43. The minimum atomic E-state index is -0.470. The van der Waals surface area contributed by atoms with E-state index in [1.807, 2.05) is 30.3 Å². The molecule has 0 spiro atoms. The fraction of sp³-hybridized carbons (Fsp3) is 0.115. The number of methoxy groups -OCH3 is 1. The lowest BCUT2D eigenvalue weighted by Gasteiger charge is -2.26. The molecule has 0 saturated carbocycles. The van der Waals surface area contributed by atoms with Gasteiger partial charge in [-0.25, -0.2) is 9.18 Å². The highest BCUT2D eigenvalue weighted by atomic mass is 32.1. The van der Waals surface area contributed by atoms with Crippen molar-refractivity contribution >= 4 is 29.0 Å². The molecule has 2 aromatic heterocycles. The molecule has 2 aromatic carbocycles. The van der Waals surface area contributed by atoms with Crippen molar-refractivity contribution in [3.05, 3.63) is 108 Å². The standard InChI is InChI=1S/C26H20FN3O3S/c1-32-25(31)17-11-9-16(10-12-17)21-13-14-22(33-21)24-23(19-7-4-5-15-28-19)29-26(34)30(24)20-8-3-2-6-18(20)27/h2-15,23-24H,1H3,(H,29,34). The second kappa shape index (κ2) is 9.07. The van der Waals surface area contributed by atoms with Crippen molar-refractivity contribution in [2.45, 2.75) is 12.1 Å². The Morgan fingerprint density at radius 3 is 2.53 bits per heavy atom. The predicted octanol–water partition coefficient (Wildman–Crippen LogP) is 5.44. The molecule has 2 atom stereocenters. The number of aromatic nitrogens is 1. The lowest BCUT2D eigenvalue weighted by atomic mass is 10.0. The van der Waals surface area contributed by atoms with Crippen LogP contribution in [0.5, 0.6) is 0 Å². The van der Waals surface area contributed by atoms with Gasteiger partial charge in [-0.1, -0.05) is 30.3 Å². The molecular formula is C26H20FN3O3S. The van der Waals surface area contributed by atoms with E-state index in [9.17, 15) is 9.18 Å². The van der Waals surface area contributed by atoms with E-state index in [-0.39, 0.29) is 11.9 Å². The van der Waals surface area contributed by atoms with Crippen LogP contribution in [0.3, 0.4) is 0 Å². The van der Waals surface area contributed by atoms with Crippen molar-refractivity contribution in [2.24, 2.45) is 0 Å².